The number of hydrogen-bond donors (Lipinski definition) is 0. The molecule has 0 saturated heterocycles. The van der Waals surface area contributed by atoms with E-state index >= 15 is 0 Å². The van der Waals surface area contributed by atoms with Gasteiger partial charge in [0.05, 0.1) is 11.4 Å². The van der Waals surface area contributed by atoms with Gasteiger partial charge in [-0.2, -0.15) is 0 Å². The molecule has 1 aromatic rings. The van der Waals surface area contributed by atoms with Crippen molar-refractivity contribution in [2.45, 2.75) is 12.3 Å². The smallest absolute Gasteiger partial charge is 0.0961 e. The van der Waals surface area contributed by atoms with Gasteiger partial charge in [-0.15, -0.1) is 5.10 Å². The predicted molar refractivity (Wildman–Crippen MR) is 38.4 cm³/mol. The lowest BCUT2D eigenvalue weighted by molar-refractivity contribution is 0.696. The van der Waals surface area contributed by atoms with Crippen molar-refractivity contribution in [3.63, 3.8) is 0 Å². The summed E-state index contributed by atoms with van der Waals surface area (Å²) in [6.07, 6.45) is 0. The molecule has 50 valence electrons. The van der Waals surface area contributed by atoms with Crippen molar-refractivity contribution >= 4 is 15.9 Å². The van der Waals surface area contributed by atoms with Crippen LogP contribution in [0.1, 0.15) is 11.4 Å². The zero-order valence-electron chi connectivity index (χ0n) is 5.43. The van der Waals surface area contributed by atoms with Gasteiger partial charge in [0, 0.05) is 12.4 Å². The highest BCUT2D eigenvalue weighted by Gasteiger charge is 2.01. The number of halogens is 1. The van der Waals surface area contributed by atoms with E-state index in [1.807, 2.05) is 14.0 Å². The van der Waals surface area contributed by atoms with Crippen LogP contribution in [0.25, 0.3) is 0 Å². The van der Waals surface area contributed by atoms with Crippen molar-refractivity contribution in [3.05, 3.63) is 11.4 Å². The highest BCUT2D eigenvalue weighted by molar-refractivity contribution is 9.08. The Morgan fingerprint density at radius 2 is 2.33 bits per heavy atom. The average molecular weight is 190 g/mol. The van der Waals surface area contributed by atoms with Crippen molar-refractivity contribution in [2.24, 2.45) is 7.05 Å². The molecule has 0 unspecified atom stereocenters. The van der Waals surface area contributed by atoms with Gasteiger partial charge in [0.1, 0.15) is 0 Å². The summed E-state index contributed by atoms with van der Waals surface area (Å²) in [5.74, 6) is 0. The van der Waals surface area contributed by atoms with Crippen molar-refractivity contribution in [1.82, 2.24) is 15.0 Å². The molecule has 4 heteroatoms. The van der Waals surface area contributed by atoms with E-state index in [9.17, 15) is 0 Å². The monoisotopic (exact) mass is 189 g/mol. The molecular formula is C5H8BrN3. The SMILES string of the molecule is Cc1c(CBr)nnn1C. The van der Waals surface area contributed by atoms with Gasteiger partial charge >= 0.3 is 0 Å². The Bertz CT molecular complexity index is 206. The maximum atomic E-state index is 3.90. The summed E-state index contributed by atoms with van der Waals surface area (Å²) in [7, 11) is 1.88. The molecule has 0 saturated carbocycles. The molecule has 0 aromatic carbocycles. The highest BCUT2D eigenvalue weighted by Crippen LogP contribution is 2.05. The zero-order valence-corrected chi connectivity index (χ0v) is 7.01. The molecule has 1 aromatic heterocycles. The van der Waals surface area contributed by atoms with Crippen molar-refractivity contribution < 1.29 is 0 Å². The number of alkyl halides is 1. The van der Waals surface area contributed by atoms with Crippen LogP contribution < -0.4 is 0 Å². The molecule has 1 heterocycles. The van der Waals surface area contributed by atoms with Crippen LogP contribution in [-0.4, -0.2) is 15.0 Å². The van der Waals surface area contributed by atoms with Gasteiger partial charge < -0.3 is 0 Å². The summed E-state index contributed by atoms with van der Waals surface area (Å²) in [5.41, 5.74) is 2.13. The molecule has 0 atom stereocenters. The lowest BCUT2D eigenvalue weighted by atomic mass is 10.4. The lowest BCUT2D eigenvalue weighted by Gasteiger charge is -1.90. The Balaban J connectivity index is 3.04. The van der Waals surface area contributed by atoms with Gasteiger partial charge in [-0.3, -0.25) is 4.68 Å². The lowest BCUT2D eigenvalue weighted by Crippen LogP contribution is -1.92. The second kappa shape index (κ2) is 2.47. The Hall–Kier alpha value is -0.380. The second-order valence-corrected chi connectivity index (χ2v) is 2.44. The second-order valence-electron chi connectivity index (χ2n) is 1.88. The van der Waals surface area contributed by atoms with Gasteiger partial charge in [0.25, 0.3) is 0 Å². The zero-order chi connectivity index (χ0) is 6.85. The first-order valence-corrected chi connectivity index (χ1v) is 3.79. The number of aromatic nitrogens is 3. The largest absolute Gasteiger partial charge is 0.252 e. The van der Waals surface area contributed by atoms with Crippen LogP contribution in [0, 0.1) is 6.92 Å². The predicted octanol–water partition coefficient (Wildman–Crippen LogP) is 1.02. The molecule has 0 aliphatic heterocycles. The third-order valence-corrected chi connectivity index (χ3v) is 1.86. The normalized spacial score (nSPS) is 10.1. The molecule has 0 radical (unpaired) electrons. The summed E-state index contributed by atoms with van der Waals surface area (Å²) in [5, 5.41) is 8.51. The van der Waals surface area contributed by atoms with Gasteiger partial charge in [-0.25, -0.2) is 0 Å². The molecule has 0 spiro atoms. The van der Waals surface area contributed by atoms with Crippen LogP contribution in [-0.2, 0) is 12.4 Å². The van der Waals surface area contributed by atoms with Crippen LogP contribution in [0.3, 0.4) is 0 Å². The van der Waals surface area contributed by atoms with E-state index in [4.69, 9.17) is 0 Å². The van der Waals surface area contributed by atoms with E-state index in [0.717, 1.165) is 16.7 Å². The fourth-order valence-corrected chi connectivity index (χ4v) is 1.09. The van der Waals surface area contributed by atoms with E-state index in [-0.39, 0.29) is 0 Å². The summed E-state index contributed by atoms with van der Waals surface area (Å²) in [4.78, 5) is 0. The summed E-state index contributed by atoms with van der Waals surface area (Å²) in [6.45, 7) is 2.00. The number of aryl methyl sites for hydroxylation is 1. The standard InChI is InChI=1S/C5H8BrN3/c1-4-5(3-6)7-8-9(4)2/h3H2,1-2H3. The minimum Gasteiger partial charge on any atom is -0.252 e. The first-order chi connectivity index (χ1) is 4.25. The van der Waals surface area contributed by atoms with E-state index in [0.29, 0.717) is 0 Å². The Labute approximate surface area is 62.2 Å². The van der Waals surface area contributed by atoms with Gasteiger partial charge in [-0.05, 0) is 6.92 Å². The van der Waals surface area contributed by atoms with Crippen LogP contribution in [0.15, 0.2) is 0 Å². The first-order valence-electron chi connectivity index (χ1n) is 2.67. The van der Waals surface area contributed by atoms with Gasteiger partial charge in [0.2, 0.25) is 0 Å². The summed E-state index contributed by atoms with van der Waals surface area (Å²) >= 11 is 3.31. The van der Waals surface area contributed by atoms with Crippen molar-refractivity contribution in [1.29, 1.82) is 0 Å². The highest BCUT2D eigenvalue weighted by atomic mass is 79.9. The van der Waals surface area contributed by atoms with Gasteiger partial charge in [0.15, 0.2) is 0 Å². The topological polar surface area (TPSA) is 30.7 Å². The van der Waals surface area contributed by atoms with Crippen molar-refractivity contribution in [3.8, 4) is 0 Å². The number of rotatable bonds is 1. The maximum absolute atomic E-state index is 3.90. The summed E-state index contributed by atoms with van der Waals surface area (Å²) < 4.78 is 1.76. The molecule has 0 amide bonds. The van der Waals surface area contributed by atoms with E-state index in [1.54, 1.807) is 4.68 Å². The molecule has 0 fully saturated rings. The maximum Gasteiger partial charge on any atom is 0.0961 e. The molecule has 0 aliphatic carbocycles. The third-order valence-electron chi connectivity index (χ3n) is 1.33. The molecular weight excluding hydrogens is 182 g/mol. The fourth-order valence-electron chi connectivity index (χ4n) is 0.571. The third kappa shape index (κ3) is 1.13. The molecule has 0 aliphatic rings. The number of hydrogen-bond acceptors (Lipinski definition) is 2. The van der Waals surface area contributed by atoms with Crippen LogP contribution in [0.5, 0.6) is 0 Å². The number of nitrogens with zero attached hydrogens (tertiary/aromatic N) is 3. The minimum atomic E-state index is 0.784. The molecule has 3 nitrogen and oxygen atoms in total. The average Bonchev–Trinajstić information content (AvgIpc) is 2.15. The van der Waals surface area contributed by atoms with Crippen LogP contribution >= 0.6 is 15.9 Å². The molecule has 1 rings (SSSR count). The molecule has 9 heavy (non-hydrogen) atoms. The molecule has 0 bridgehead atoms. The van der Waals surface area contributed by atoms with Crippen LogP contribution in [0.4, 0.5) is 0 Å². The Kier molecular flexibility index (Phi) is 1.85. The summed E-state index contributed by atoms with van der Waals surface area (Å²) in [6, 6.07) is 0. The first kappa shape index (κ1) is 6.74. The van der Waals surface area contributed by atoms with E-state index in [2.05, 4.69) is 26.2 Å². The van der Waals surface area contributed by atoms with E-state index < -0.39 is 0 Å². The molecule has 0 N–H and O–H groups in total. The fraction of sp³-hybridized carbons (Fsp3) is 0.600. The van der Waals surface area contributed by atoms with Gasteiger partial charge in [-0.1, -0.05) is 21.1 Å². The van der Waals surface area contributed by atoms with E-state index in [1.165, 1.54) is 0 Å². The van der Waals surface area contributed by atoms with Crippen molar-refractivity contribution in [2.75, 3.05) is 0 Å². The Morgan fingerprint density at radius 1 is 1.67 bits per heavy atom. The quantitative estimate of drug-likeness (QED) is 0.619. The van der Waals surface area contributed by atoms with Crippen LogP contribution in [0.2, 0.25) is 0 Å². The Morgan fingerprint density at radius 3 is 2.56 bits per heavy atom. The minimum absolute atomic E-state index is 0.784.